The van der Waals surface area contributed by atoms with E-state index in [9.17, 15) is 4.79 Å². The van der Waals surface area contributed by atoms with Crippen LogP contribution in [0.4, 0.5) is 0 Å². The Hall–Kier alpha value is -1.10. The fourth-order valence-corrected chi connectivity index (χ4v) is 4.69. The summed E-state index contributed by atoms with van der Waals surface area (Å²) in [5.41, 5.74) is 2.52. The summed E-state index contributed by atoms with van der Waals surface area (Å²) in [4.78, 5) is 15.9. The van der Waals surface area contributed by atoms with Crippen LogP contribution >= 0.6 is 35.6 Å². The van der Waals surface area contributed by atoms with E-state index in [2.05, 4.69) is 28.4 Å². The maximum absolute atomic E-state index is 13.5. The number of fused-ring (bicyclic) bond motifs is 1. The number of likely N-dealkylation sites (tertiary alicyclic amines) is 1. The highest BCUT2D eigenvalue weighted by Gasteiger charge is 2.43. The lowest BCUT2D eigenvalue weighted by atomic mass is 9.78. The van der Waals surface area contributed by atoms with Crippen molar-refractivity contribution in [1.29, 1.82) is 0 Å². The van der Waals surface area contributed by atoms with Crippen molar-refractivity contribution in [3.8, 4) is 0 Å². The number of Topliss-reactive ketones (excluding diaryl/α,β-unsaturated/α-hetero) is 1. The van der Waals surface area contributed by atoms with E-state index < -0.39 is 5.54 Å². The summed E-state index contributed by atoms with van der Waals surface area (Å²) in [6.45, 7) is 4.21. The van der Waals surface area contributed by atoms with Crippen LogP contribution in [0.2, 0.25) is 10.0 Å². The molecule has 0 spiro atoms. The highest BCUT2D eigenvalue weighted by atomic mass is 35.5. The molecule has 150 valence electrons. The first-order valence-electron chi connectivity index (χ1n) is 9.55. The number of hydrogen-bond acceptors (Lipinski definition) is 3. The Morgan fingerprint density at radius 1 is 1.14 bits per heavy atom. The second-order valence-corrected chi connectivity index (χ2v) is 8.55. The number of benzene rings is 2. The Morgan fingerprint density at radius 2 is 1.86 bits per heavy atom. The molecule has 2 aliphatic rings. The first-order valence-corrected chi connectivity index (χ1v) is 10.3. The maximum Gasteiger partial charge on any atom is 0.161 e. The van der Waals surface area contributed by atoms with E-state index in [-0.39, 0.29) is 24.4 Å². The molecule has 3 nitrogen and oxygen atoms in total. The van der Waals surface area contributed by atoms with Gasteiger partial charge in [-0.15, -0.1) is 12.4 Å². The van der Waals surface area contributed by atoms with Gasteiger partial charge in [0.1, 0.15) is 5.54 Å². The predicted molar refractivity (Wildman–Crippen MR) is 118 cm³/mol. The first-order chi connectivity index (χ1) is 13.0. The third kappa shape index (κ3) is 4.10. The lowest BCUT2D eigenvalue weighted by molar-refractivity contribution is -0.126. The number of rotatable bonds is 4. The van der Waals surface area contributed by atoms with E-state index in [0.29, 0.717) is 16.5 Å². The van der Waals surface area contributed by atoms with Crippen molar-refractivity contribution in [2.45, 2.75) is 44.3 Å². The average Bonchev–Trinajstić information content (AvgIpc) is 3.19. The Bertz CT molecular complexity index is 867. The van der Waals surface area contributed by atoms with E-state index >= 15 is 0 Å². The summed E-state index contributed by atoms with van der Waals surface area (Å²) < 4.78 is 0. The lowest BCUT2D eigenvalue weighted by Gasteiger charge is -2.43. The molecule has 1 N–H and O–H groups in total. The quantitative estimate of drug-likeness (QED) is 0.727. The zero-order chi connectivity index (χ0) is 19.0. The first kappa shape index (κ1) is 21.6. The third-order valence-electron chi connectivity index (χ3n) is 5.91. The van der Waals surface area contributed by atoms with Gasteiger partial charge in [0.2, 0.25) is 0 Å². The molecule has 1 unspecified atom stereocenters. The Morgan fingerprint density at radius 3 is 2.57 bits per heavy atom. The summed E-state index contributed by atoms with van der Waals surface area (Å²) in [5.74, 6) is 0.150. The molecule has 0 aromatic heterocycles. The van der Waals surface area contributed by atoms with Crippen molar-refractivity contribution < 1.29 is 4.79 Å². The van der Waals surface area contributed by atoms with E-state index in [0.717, 1.165) is 30.6 Å². The predicted octanol–water partition coefficient (Wildman–Crippen LogP) is 5.01. The van der Waals surface area contributed by atoms with E-state index in [1.54, 1.807) is 12.1 Å². The van der Waals surface area contributed by atoms with Crippen molar-refractivity contribution in [2.24, 2.45) is 0 Å². The second-order valence-electron chi connectivity index (χ2n) is 7.74. The molecule has 1 saturated heterocycles. The molecule has 2 heterocycles. The third-order valence-corrected chi connectivity index (χ3v) is 6.65. The molecule has 2 atom stereocenters. The van der Waals surface area contributed by atoms with E-state index in [1.807, 2.05) is 19.1 Å². The monoisotopic (exact) mass is 438 g/mol. The highest BCUT2D eigenvalue weighted by molar-refractivity contribution is 6.42. The van der Waals surface area contributed by atoms with Crippen molar-refractivity contribution in [1.82, 2.24) is 10.2 Å². The smallest absolute Gasteiger partial charge is 0.161 e. The van der Waals surface area contributed by atoms with Crippen LogP contribution in [-0.2, 0) is 23.2 Å². The van der Waals surface area contributed by atoms with Gasteiger partial charge in [0, 0.05) is 12.8 Å². The zero-order valence-electron chi connectivity index (χ0n) is 15.9. The Balaban J connectivity index is 0.00000225. The molecule has 6 heteroatoms. The SMILES string of the molecule is C[C@]1(C(=O)Cc2ccc(Cl)c(Cl)c2)NC(N2CCCC2)Cc2ccccc21.Cl. The number of halogens is 3. The van der Waals surface area contributed by atoms with Crippen LogP contribution in [0.3, 0.4) is 0 Å². The molecule has 28 heavy (non-hydrogen) atoms. The fraction of sp³-hybridized carbons (Fsp3) is 0.409. The molecule has 0 saturated carbocycles. The molecule has 0 radical (unpaired) electrons. The Labute approximate surface area is 182 Å². The fourth-order valence-electron chi connectivity index (χ4n) is 4.37. The van der Waals surface area contributed by atoms with Crippen LogP contribution in [0.15, 0.2) is 42.5 Å². The molecular weight excluding hydrogens is 415 g/mol. The molecule has 2 aliphatic heterocycles. The lowest BCUT2D eigenvalue weighted by Crippen LogP contribution is -2.60. The van der Waals surface area contributed by atoms with Gasteiger partial charge in [-0.3, -0.25) is 15.0 Å². The summed E-state index contributed by atoms with van der Waals surface area (Å²) in [5, 5.41) is 4.69. The van der Waals surface area contributed by atoms with Crippen LogP contribution < -0.4 is 5.32 Å². The van der Waals surface area contributed by atoms with Crippen molar-refractivity contribution in [3.05, 3.63) is 69.2 Å². The zero-order valence-corrected chi connectivity index (χ0v) is 18.2. The normalized spacial score (nSPS) is 24.5. The molecule has 4 rings (SSSR count). The topological polar surface area (TPSA) is 32.3 Å². The molecule has 0 bridgehead atoms. The minimum atomic E-state index is -0.714. The molecule has 2 aromatic carbocycles. The minimum absolute atomic E-state index is 0. The summed E-state index contributed by atoms with van der Waals surface area (Å²) in [6, 6.07) is 13.7. The van der Waals surface area contributed by atoms with Crippen molar-refractivity contribution in [2.75, 3.05) is 13.1 Å². The van der Waals surface area contributed by atoms with Crippen LogP contribution in [-0.4, -0.2) is 29.9 Å². The molecular formula is C22H25Cl3N2O. The Kier molecular flexibility index (Phi) is 6.73. The van der Waals surface area contributed by atoms with E-state index in [1.165, 1.54) is 18.4 Å². The second kappa shape index (κ2) is 8.73. The average molecular weight is 440 g/mol. The number of carbonyl (C=O) groups excluding carboxylic acids is 1. The molecule has 0 amide bonds. The van der Waals surface area contributed by atoms with Gasteiger partial charge >= 0.3 is 0 Å². The number of nitrogens with zero attached hydrogens (tertiary/aromatic N) is 1. The van der Waals surface area contributed by atoms with Crippen LogP contribution in [0.25, 0.3) is 0 Å². The largest absolute Gasteiger partial charge is 0.297 e. The number of hydrogen-bond donors (Lipinski definition) is 1. The van der Waals surface area contributed by atoms with Crippen molar-refractivity contribution >= 4 is 41.4 Å². The number of carbonyl (C=O) groups is 1. The van der Waals surface area contributed by atoms with E-state index in [4.69, 9.17) is 23.2 Å². The highest BCUT2D eigenvalue weighted by Crippen LogP contribution is 2.34. The van der Waals surface area contributed by atoms with Crippen LogP contribution in [0.5, 0.6) is 0 Å². The van der Waals surface area contributed by atoms with Crippen LogP contribution in [0, 0.1) is 0 Å². The minimum Gasteiger partial charge on any atom is -0.297 e. The molecule has 2 aromatic rings. The number of ketones is 1. The van der Waals surface area contributed by atoms with Crippen molar-refractivity contribution in [3.63, 3.8) is 0 Å². The standard InChI is InChI=1S/C22H24Cl2N2O.ClH/c1-22(20(27)13-15-8-9-18(23)19(24)12-15)17-7-3-2-6-16(17)14-21(25-22)26-10-4-5-11-26;/h2-3,6-9,12,21,25H,4-5,10-11,13-14H2,1H3;1H/t21?,22-;/m0./s1. The van der Waals surface area contributed by atoms with Gasteiger partial charge in [-0.25, -0.2) is 0 Å². The summed E-state index contributed by atoms with van der Waals surface area (Å²) in [7, 11) is 0. The van der Waals surface area contributed by atoms with Gasteiger partial charge in [-0.2, -0.15) is 0 Å². The van der Waals surface area contributed by atoms with Crippen LogP contribution in [0.1, 0.15) is 36.5 Å². The van der Waals surface area contributed by atoms with Gasteiger partial charge in [-0.1, -0.05) is 53.5 Å². The number of nitrogens with one attached hydrogen (secondary N) is 1. The molecule has 0 aliphatic carbocycles. The van der Waals surface area contributed by atoms with Gasteiger partial charge in [0.15, 0.2) is 5.78 Å². The van der Waals surface area contributed by atoms with Gasteiger partial charge in [0.25, 0.3) is 0 Å². The maximum atomic E-state index is 13.5. The van der Waals surface area contributed by atoms with Gasteiger partial charge < -0.3 is 0 Å². The van der Waals surface area contributed by atoms with Gasteiger partial charge in [0.05, 0.1) is 16.2 Å². The summed E-state index contributed by atoms with van der Waals surface area (Å²) in [6.07, 6.45) is 3.92. The summed E-state index contributed by atoms with van der Waals surface area (Å²) >= 11 is 12.2. The molecule has 1 fully saturated rings. The van der Waals surface area contributed by atoms with Gasteiger partial charge in [-0.05, 0) is 61.7 Å².